The Labute approximate surface area is 98.4 Å². The van der Waals surface area contributed by atoms with Crippen LogP contribution in [0.1, 0.15) is 19.4 Å². The minimum Gasteiger partial charge on any atom is -0.490 e. The van der Waals surface area contributed by atoms with E-state index in [1.807, 2.05) is 0 Å². The van der Waals surface area contributed by atoms with Crippen LogP contribution in [0.3, 0.4) is 0 Å². The summed E-state index contributed by atoms with van der Waals surface area (Å²) in [6.45, 7) is 2.41. The molecule has 1 rings (SSSR count). The van der Waals surface area contributed by atoms with Gasteiger partial charge in [-0.3, -0.25) is 9.59 Å². The van der Waals surface area contributed by atoms with Crippen LogP contribution < -0.4 is 21.8 Å². The fourth-order valence-electron chi connectivity index (χ4n) is 1.39. The first kappa shape index (κ1) is 13.2. The van der Waals surface area contributed by atoms with Crippen molar-refractivity contribution in [1.29, 1.82) is 0 Å². The SMILES string of the molecule is CCC(C(N)=O)n1ncc(OCCN)cc1=O. The number of nitrogens with zero attached hydrogens (tertiary/aromatic N) is 2. The molecule has 0 saturated heterocycles. The van der Waals surface area contributed by atoms with Crippen LogP contribution in [0.5, 0.6) is 5.75 Å². The Kier molecular flexibility index (Phi) is 4.65. The Balaban J connectivity index is 2.96. The molecule has 94 valence electrons. The number of amides is 1. The average Bonchev–Trinajstić information content (AvgIpc) is 2.29. The molecule has 17 heavy (non-hydrogen) atoms. The summed E-state index contributed by atoms with van der Waals surface area (Å²) in [5, 5.41) is 3.86. The highest BCUT2D eigenvalue weighted by Crippen LogP contribution is 2.08. The first-order valence-corrected chi connectivity index (χ1v) is 5.31. The van der Waals surface area contributed by atoms with Gasteiger partial charge in [-0.2, -0.15) is 5.10 Å². The van der Waals surface area contributed by atoms with Crippen molar-refractivity contribution in [3.8, 4) is 5.75 Å². The average molecular weight is 240 g/mol. The van der Waals surface area contributed by atoms with E-state index in [0.717, 1.165) is 4.68 Å². The van der Waals surface area contributed by atoms with Crippen LogP contribution in [0.15, 0.2) is 17.1 Å². The molecule has 1 aromatic rings. The summed E-state index contributed by atoms with van der Waals surface area (Å²) in [6, 6.07) is 0.528. The first-order valence-electron chi connectivity index (χ1n) is 5.31. The monoisotopic (exact) mass is 240 g/mol. The Hall–Kier alpha value is -1.89. The fraction of sp³-hybridized carbons (Fsp3) is 0.500. The largest absolute Gasteiger partial charge is 0.490 e. The molecule has 1 aromatic heterocycles. The molecule has 0 aromatic carbocycles. The molecule has 4 N–H and O–H groups in total. The van der Waals surface area contributed by atoms with Crippen LogP contribution in [0.4, 0.5) is 0 Å². The van der Waals surface area contributed by atoms with Gasteiger partial charge in [0.15, 0.2) is 0 Å². The molecule has 0 aliphatic rings. The van der Waals surface area contributed by atoms with Gasteiger partial charge in [-0.1, -0.05) is 6.92 Å². The van der Waals surface area contributed by atoms with Crippen molar-refractivity contribution in [2.75, 3.05) is 13.2 Å². The van der Waals surface area contributed by atoms with Crippen LogP contribution in [0.2, 0.25) is 0 Å². The second-order valence-corrected chi connectivity index (χ2v) is 3.44. The lowest BCUT2D eigenvalue weighted by atomic mass is 10.2. The summed E-state index contributed by atoms with van der Waals surface area (Å²) in [4.78, 5) is 22.8. The molecule has 0 radical (unpaired) electrons. The van der Waals surface area contributed by atoms with Crippen molar-refractivity contribution in [3.63, 3.8) is 0 Å². The van der Waals surface area contributed by atoms with E-state index in [4.69, 9.17) is 16.2 Å². The zero-order valence-corrected chi connectivity index (χ0v) is 9.63. The molecule has 1 heterocycles. The van der Waals surface area contributed by atoms with Crippen LogP contribution in [-0.2, 0) is 4.79 Å². The summed E-state index contributed by atoms with van der Waals surface area (Å²) < 4.78 is 6.20. The quantitative estimate of drug-likeness (QED) is 0.663. The normalized spacial score (nSPS) is 12.1. The molecule has 1 amide bonds. The highest BCUT2D eigenvalue weighted by atomic mass is 16.5. The molecule has 0 fully saturated rings. The summed E-state index contributed by atoms with van der Waals surface area (Å²) >= 11 is 0. The van der Waals surface area contributed by atoms with Gasteiger partial charge < -0.3 is 16.2 Å². The van der Waals surface area contributed by atoms with E-state index in [1.165, 1.54) is 12.3 Å². The minimum absolute atomic E-state index is 0.304. The highest BCUT2D eigenvalue weighted by Gasteiger charge is 2.17. The first-order chi connectivity index (χ1) is 8.10. The van der Waals surface area contributed by atoms with Crippen molar-refractivity contribution < 1.29 is 9.53 Å². The second-order valence-electron chi connectivity index (χ2n) is 3.44. The molecular weight excluding hydrogens is 224 g/mol. The van der Waals surface area contributed by atoms with Gasteiger partial charge in [0, 0.05) is 12.6 Å². The smallest absolute Gasteiger partial charge is 0.271 e. The van der Waals surface area contributed by atoms with E-state index >= 15 is 0 Å². The Morgan fingerprint density at radius 1 is 1.65 bits per heavy atom. The van der Waals surface area contributed by atoms with Gasteiger partial charge in [0.2, 0.25) is 5.91 Å². The van der Waals surface area contributed by atoms with E-state index < -0.39 is 17.5 Å². The summed E-state index contributed by atoms with van der Waals surface area (Å²) in [7, 11) is 0. The van der Waals surface area contributed by atoms with Crippen LogP contribution >= 0.6 is 0 Å². The van der Waals surface area contributed by atoms with Gasteiger partial charge in [-0.15, -0.1) is 0 Å². The minimum atomic E-state index is -0.731. The fourth-order valence-corrected chi connectivity index (χ4v) is 1.39. The molecule has 1 unspecified atom stereocenters. The van der Waals surface area contributed by atoms with Crippen molar-refractivity contribution in [2.45, 2.75) is 19.4 Å². The van der Waals surface area contributed by atoms with Gasteiger partial charge in [-0.05, 0) is 6.42 Å². The third-order valence-electron chi connectivity index (χ3n) is 2.20. The molecule has 0 aliphatic carbocycles. The molecule has 0 bridgehead atoms. The van der Waals surface area contributed by atoms with Gasteiger partial charge in [-0.25, -0.2) is 4.68 Å². The number of ether oxygens (including phenoxy) is 1. The number of aromatic nitrogens is 2. The van der Waals surface area contributed by atoms with E-state index in [-0.39, 0.29) is 0 Å². The molecule has 0 aliphatic heterocycles. The number of hydrogen-bond donors (Lipinski definition) is 2. The van der Waals surface area contributed by atoms with E-state index in [1.54, 1.807) is 6.92 Å². The summed E-state index contributed by atoms with van der Waals surface area (Å²) in [5.74, 6) is -0.256. The maximum atomic E-state index is 11.7. The maximum Gasteiger partial charge on any atom is 0.271 e. The Morgan fingerprint density at radius 2 is 2.35 bits per heavy atom. The lowest BCUT2D eigenvalue weighted by molar-refractivity contribution is -0.121. The lowest BCUT2D eigenvalue weighted by Gasteiger charge is -2.13. The number of carbonyl (C=O) groups is 1. The Morgan fingerprint density at radius 3 is 2.82 bits per heavy atom. The van der Waals surface area contributed by atoms with Crippen molar-refractivity contribution in [1.82, 2.24) is 9.78 Å². The number of primary amides is 1. The van der Waals surface area contributed by atoms with Gasteiger partial charge >= 0.3 is 0 Å². The predicted molar refractivity (Wildman–Crippen MR) is 61.6 cm³/mol. The summed E-state index contributed by atoms with van der Waals surface area (Å²) in [6.07, 6.45) is 1.77. The molecule has 1 atom stereocenters. The molecule has 7 nitrogen and oxygen atoms in total. The summed E-state index contributed by atoms with van der Waals surface area (Å²) in [5.41, 5.74) is 10.0. The maximum absolute atomic E-state index is 11.7. The van der Waals surface area contributed by atoms with Crippen molar-refractivity contribution in [2.24, 2.45) is 11.5 Å². The number of rotatable bonds is 6. The second kappa shape index (κ2) is 6.00. The zero-order chi connectivity index (χ0) is 12.8. The number of carbonyl (C=O) groups excluding carboxylic acids is 1. The molecule has 0 saturated carbocycles. The number of nitrogens with two attached hydrogens (primary N) is 2. The number of hydrogen-bond acceptors (Lipinski definition) is 5. The molecule has 0 spiro atoms. The van der Waals surface area contributed by atoms with Crippen LogP contribution in [0.25, 0.3) is 0 Å². The topological polar surface area (TPSA) is 113 Å². The van der Waals surface area contributed by atoms with Crippen molar-refractivity contribution >= 4 is 5.91 Å². The van der Waals surface area contributed by atoms with E-state index in [0.29, 0.717) is 25.3 Å². The predicted octanol–water partition coefficient (Wildman–Crippen LogP) is -0.983. The standard InChI is InChI=1S/C10H16N4O3/c1-2-8(10(12)16)14-9(15)5-7(6-13-14)17-4-3-11/h5-6,8H,2-4,11H2,1H3,(H2,12,16). The van der Waals surface area contributed by atoms with Gasteiger partial charge in [0.1, 0.15) is 18.4 Å². The van der Waals surface area contributed by atoms with E-state index in [9.17, 15) is 9.59 Å². The molecular formula is C10H16N4O3. The van der Waals surface area contributed by atoms with Crippen LogP contribution in [-0.4, -0.2) is 28.8 Å². The Bertz CT molecular complexity index is 443. The molecule has 7 heteroatoms. The van der Waals surface area contributed by atoms with Crippen molar-refractivity contribution in [3.05, 3.63) is 22.6 Å². The zero-order valence-electron chi connectivity index (χ0n) is 9.63. The lowest BCUT2D eigenvalue weighted by Crippen LogP contribution is -2.34. The third kappa shape index (κ3) is 3.28. The van der Waals surface area contributed by atoms with Gasteiger partial charge in [0.25, 0.3) is 5.56 Å². The highest BCUT2D eigenvalue weighted by molar-refractivity contribution is 5.78. The van der Waals surface area contributed by atoms with E-state index in [2.05, 4.69) is 5.10 Å². The van der Waals surface area contributed by atoms with Crippen LogP contribution in [0, 0.1) is 0 Å². The van der Waals surface area contributed by atoms with Gasteiger partial charge in [0.05, 0.1) is 6.20 Å². The third-order valence-corrected chi connectivity index (χ3v) is 2.20.